The minimum atomic E-state index is -0.433. The molecule has 1 amide bonds. The van der Waals surface area contributed by atoms with Gasteiger partial charge in [0.15, 0.2) is 0 Å². The van der Waals surface area contributed by atoms with E-state index in [1.807, 2.05) is 24.3 Å². The van der Waals surface area contributed by atoms with Gasteiger partial charge in [0.1, 0.15) is 0 Å². The van der Waals surface area contributed by atoms with Crippen molar-refractivity contribution < 1.29 is 4.79 Å². The quantitative estimate of drug-likeness (QED) is 0.911. The van der Waals surface area contributed by atoms with Crippen molar-refractivity contribution in [2.45, 2.75) is 25.4 Å². The first-order chi connectivity index (χ1) is 10.1. The molecule has 1 aromatic heterocycles. The zero-order valence-electron chi connectivity index (χ0n) is 11.6. The fraction of sp³-hybridized carbons (Fsp3) is 0.333. The number of primary amides is 1. The van der Waals surface area contributed by atoms with Crippen molar-refractivity contribution >= 4 is 17.5 Å². The molecule has 3 N–H and O–H groups in total. The topological polar surface area (TPSA) is 75.0 Å². The molecule has 0 spiro atoms. The molecule has 1 aliphatic heterocycles. The zero-order valence-corrected chi connectivity index (χ0v) is 12.3. The Balaban J connectivity index is 1.80. The van der Waals surface area contributed by atoms with Crippen LogP contribution in [0.25, 0.3) is 0 Å². The average Bonchev–Trinajstić information content (AvgIpc) is 3.09. The molecule has 1 aliphatic rings. The second-order valence-electron chi connectivity index (χ2n) is 5.32. The number of carbonyl (C=O) groups is 1. The molecule has 2 heterocycles. The van der Waals surface area contributed by atoms with Gasteiger partial charge in [-0.1, -0.05) is 23.7 Å². The smallest absolute Gasteiger partial charge is 0.252 e. The number of carbonyl (C=O) groups excluding carboxylic acids is 1. The van der Waals surface area contributed by atoms with E-state index < -0.39 is 5.91 Å². The summed E-state index contributed by atoms with van der Waals surface area (Å²) in [5.74, 6) is -0.433. The first-order valence-electron chi connectivity index (χ1n) is 6.96. The molecule has 0 radical (unpaired) electrons. The lowest BCUT2D eigenvalue weighted by Crippen LogP contribution is -2.25. The van der Waals surface area contributed by atoms with Crippen molar-refractivity contribution in [3.63, 3.8) is 0 Å². The van der Waals surface area contributed by atoms with Gasteiger partial charge in [-0.2, -0.15) is 5.10 Å². The zero-order chi connectivity index (χ0) is 14.8. The number of amides is 1. The molecule has 21 heavy (non-hydrogen) atoms. The van der Waals surface area contributed by atoms with Crippen molar-refractivity contribution in [2.75, 3.05) is 6.54 Å². The molecule has 5 nitrogen and oxygen atoms in total. The van der Waals surface area contributed by atoms with Crippen LogP contribution in [0.3, 0.4) is 0 Å². The van der Waals surface area contributed by atoms with Crippen LogP contribution in [0, 0.1) is 0 Å². The third-order valence-electron chi connectivity index (χ3n) is 3.93. The number of nitrogens with one attached hydrogen (secondary N) is 1. The first kappa shape index (κ1) is 14.1. The van der Waals surface area contributed by atoms with Crippen molar-refractivity contribution in [2.24, 2.45) is 5.73 Å². The van der Waals surface area contributed by atoms with Gasteiger partial charge in [0, 0.05) is 11.6 Å². The van der Waals surface area contributed by atoms with E-state index in [0.717, 1.165) is 36.6 Å². The van der Waals surface area contributed by atoms with Crippen molar-refractivity contribution in [3.8, 4) is 0 Å². The molecular formula is C15H17ClN4O. The average molecular weight is 305 g/mol. The Morgan fingerprint density at radius 2 is 2.19 bits per heavy atom. The number of hydrogen-bond acceptors (Lipinski definition) is 3. The molecule has 3 rings (SSSR count). The van der Waals surface area contributed by atoms with Gasteiger partial charge in [0.2, 0.25) is 0 Å². The van der Waals surface area contributed by atoms with E-state index in [2.05, 4.69) is 15.1 Å². The molecule has 6 heteroatoms. The monoisotopic (exact) mass is 304 g/mol. The van der Waals surface area contributed by atoms with Gasteiger partial charge in [0.05, 0.1) is 23.5 Å². The molecular weight excluding hydrogens is 288 g/mol. The summed E-state index contributed by atoms with van der Waals surface area (Å²) in [6.07, 6.45) is 3.60. The summed E-state index contributed by atoms with van der Waals surface area (Å²) in [4.78, 5) is 13.8. The molecule has 1 fully saturated rings. The lowest BCUT2D eigenvalue weighted by molar-refractivity contribution is 0.0997. The largest absolute Gasteiger partial charge is 0.365 e. The maximum absolute atomic E-state index is 11.5. The molecule has 1 aromatic carbocycles. The summed E-state index contributed by atoms with van der Waals surface area (Å²) >= 11 is 5.92. The Labute approximate surface area is 128 Å². The van der Waals surface area contributed by atoms with Crippen LogP contribution in [0.2, 0.25) is 5.02 Å². The summed E-state index contributed by atoms with van der Waals surface area (Å²) < 4.78 is 0. The first-order valence-corrected chi connectivity index (χ1v) is 7.34. The number of aromatic amines is 1. The number of nitrogens with two attached hydrogens (primary N) is 1. The molecule has 1 atom stereocenters. The van der Waals surface area contributed by atoms with E-state index in [0.29, 0.717) is 5.56 Å². The number of benzene rings is 1. The predicted molar refractivity (Wildman–Crippen MR) is 80.9 cm³/mol. The predicted octanol–water partition coefficient (Wildman–Crippen LogP) is 2.50. The van der Waals surface area contributed by atoms with Crippen LogP contribution >= 0.6 is 11.6 Å². The Bertz CT molecular complexity index is 637. The second-order valence-corrected chi connectivity index (χ2v) is 5.75. The van der Waals surface area contributed by atoms with Crippen molar-refractivity contribution in [1.29, 1.82) is 0 Å². The summed E-state index contributed by atoms with van der Waals surface area (Å²) in [6, 6.07) is 8.00. The summed E-state index contributed by atoms with van der Waals surface area (Å²) in [7, 11) is 0. The van der Waals surface area contributed by atoms with Crippen LogP contribution in [0.15, 0.2) is 30.5 Å². The highest BCUT2D eigenvalue weighted by Crippen LogP contribution is 2.33. The van der Waals surface area contributed by atoms with Gasteiger partial charge in [-0.05, 0) is 37.1 Å². The van der Waals surface area contributed by atoms with Crippen LogP contribution in [0.1, 0.15) is 40.5 Å². The minimum absolute atomic E-state index is 0.158. The van der Waals surface area contributed by atoms with Crippen molar-refractivity contribution in [1.82, 2.24) is 15.1 Å². The third-order valence-corrected chi connectivity index (χ3v) is 4.18. The van der Waals surface area contributed by atoms with Gasteiger partial charge < -0.3 is 5.73 Å². The molecule has 0 aliphatic carbocycles. The SMILES string of the molecule is NC(=O)c1cn[nH]c1[C@H]1CCCN1Cc1ccc(Cl)cc1. The van der Waals surface area contributed by atoms with Crippen molar-refractivity contribution in [3.05, 3.63) is 52.3 Å². The fourth-order valence-electron chi connectivity index (χ4n) is 2.91. The van der Waals surface area contributed by atoms with Gasteiger partial charge in [-0.3, -0.25) is 14.8 Å². The number of aromatic nitrogens is 2. The maximum atomic E-state index is 11.5. The lowest BCUT2D eigenvalue weighted by atomic mass is 10.1. The highest BCUT2D eigenvalue weighted by Gasteiger charge is 2.30. The molecule has 0 saturated carbocycles. The van der Waals surface area contributed by atoms with Gasteiger partial charge >= 0.3 is 0 Å². The Morgan fingerprint density at radius 1 is 1.43 bits per heavy atom. The van der Waals surface area contributed by atoms with E-state index in [-0.39, 0.29) is 6.04 Å². The van der Waals surface area contributed by atoms with Crippen LogP contribution in [0.5, 0.6) is 0 Å². The molecule has 110 valence electrons. The highest BCUT2D eigenvalue weighted by atomic mass is 35.5. The summed E-state index contributed by atoms with van der Waals surface area (Å²) in [5, 5.41) is 7.65. The van der Waals surface area contributed by atoms with Crippen LogP contribution < -0.4 is 5.73 Å². The molecule has 2 aromatic rings. The van der Waals surface area contributed by atoms with Crippen LogP contribution in [-0.4, -0.2) is 27.5 Å². The lowest BCUT2D eigenvalue weighted by Gasteiger charge is -2.24. The number of likely N-dealkylation sites (tertiary alicyclic amines) is 1. The maximum Gasteiger partial charge on any atom is 0.252 e. The number of nitrogens with zero attached hydrogens (tertiary/aromatic N) is 2. The summed E-state index contributed by atoms with van der Waals surface area (Å²) in [6.45, 7) is 1.81. The Morgan fingerprint density at radius 3 is 2.90 bits per heavy atom. The molecule has 0 unspecified atom stereocenters. The molecule has 0 bridgehead atoms. The summed E-state index contributed by atoms with van der Waals surface area (Å²) in [5.41, 5.74) is 7.93. The van der Waals surface area contributed by atoms with Gasteiger partial charge in [-0.25, -0.2) is 0 Å². The van der Waals surface area contributed by atoms with Crippen LogP contribution in [0.4, 0.5) is 0 Å². The number of hydrogen-bond donors (Lipinski definition) is 2. The Hall–Kier alpha value is -1.85. The van der Waals surface area contributed by atoms with E-state index >= 15 is 0 Å². The van der Waals surface area contributed by atoms with E-state index in [1.165, 1.54) is 11.8 Å². The Kier molecular flexibility index (Phi) is 3.94. The number of H-pyrrole nitrogens is 1. The number of rotatable bonds is 4. The standard InChI is InChI=1S/C15H17ClN4O/c16-11-5-3-10(4-6-11)9-20-7-1-2-13(20)14-12(15(17)21)8-18-19-14/h3-6,8,13H,1-2,7,9H2,(H2,17,21)(H,18,19)/t13-/m1/s1. The normalized spacial score (nSPS) is 19.0. The van der Waals surface area contributed by atoms with E-state index in [4.69, 9.17) is 17.3 Å². The fourth-order valence-corrected chi connectivity index (χ4v) is 3.04. The molecule has 1 saturated heterocycles. The third kappa shape index (κ3) is 2.94. The van der Waals surface area contributed by atoms with Gasteiger partial charge in [0.25, 0.3) is 5.91 Å². The number of halogens is 1. The van der Waals surface area contributed by atoms with E-state index in [1.54, 1.807) is 0 Å². The highest BCUT2D eigenvalue weighted by molar-refractivity contribution is 6.30. The van der Waals surface area contributed by atoms with Gasteiger partial charge in [-0.15, -0.1) is 0 Å². The second kappa shape index (κ2) is 5.87. The minimum Gasteiger partial charge on any atom is -0.365 e. The van der Waals surface area contributed by atoms with E-state index in [9.17, 15) is 4.79 Å². The van der Waals surface area contributed by atoms with Crippen LogP contribution in [-0.2, 0) is 6.54 Å².